The van der Waals surface area contributed by atoms with E-state index in [1.807, 2.05) is 24.0 Å². The molecule has 1 unspecified atom stereocenters. The highest BCUT2D eigenvalue weighted by Crippen LogP contribution is 2.19. The Morgan fingerprint density at radius 1 is 1.32 bits per heavy atom. The van der Waals surface area contributed by atoms with Crippen molar-refractivity contribution in [3.63, 3.8) is 0 Å². The van der Waals surface area contributed by atoms with Crippen molar-refractivity contribution in [2.24, 2.45) is 0 Å². The molecule has 1 aromatic rings. The van der Waals surface area contributed by atoms with Crippen molar-refractivity contribution in [2.75, 3.05) is 13.1 Å². The van der Waals surface area contributed by atoms with E-state index in [-0.39, 0.29) is 18.0 Å². The lowest BCUT2D eigenvalue weighted by Gasteiger charge is -2.24. The van der Waals surface area contributed by atoms with Gasteiger partial charge in [0.05, 0.1) is 6.04 Å². The van der Waals surface area contributed by atoms with Crippen molar-refractivity contribution in [2.45, 2.75) is 38.8 Å². The minimum Gasteiger partial charge on any atom is -0.341 e. The molecule has 0 bridgehead atoms. The second-order valence-electron chi connectivity index (χ2n) is 5.20. The summed E-state index contributed by atoms with van der Waals surface area (Å²) in [5, 5.41) is 3.39. The molecule has 2 atom stereocenters. The summed E-state index contributed by atoms with van der Waals surface area (Å²) in [6.45, 7) is 5.87. The topological polar surface area (TPSA) is 32.3 Å². The summed E-state index contributed by atoms with van der Waals surface area (Å²) < 4.78 is 1.07. The molecule has 3 nitrogen and oxygen atoms in total. The Bertz CT molecular complexity index is 444. The number of hydrogen-bond donors (Lipinski definition) is 1. The standard InChI is InChI=1S/C15H21BrN2O/c1-11(13-6-5-7-14(16)10-13)17-12(2)15(19)18-8-3-4-9-18/h5-7,10-12,17H,3-4,8-9H2,1-2H3/t11-,12?/m0/s1. The maximum absolute atomic E-state index is 12.2. The van der Waals surface area contributed by atoms with Crippen LogP contribution in [0, 0.1) is 0 Å². The van der Waals surface area contributed by atoms with Crippen LogP contribution in [-0.2, 0) is 4.79 Å². The summed E-state index contributed by atoms with van der Waals surface area (Å²) in [4.78, 5) is 14.2. The SMILES string of the molecule is CC(N[C@@H](C)c1cccc(Br)c1)C(=O)N1CCCC1. The van der Waals surface area contributed by atoms with Crippen LogP contribution in [0.1, 0.15) is 38.3 Å². The Kier molecular flexibility index (Phi) is 4.99. The maximum atomic E-state index is 12.2. The van der Waals surface area contributed by atoms with Crippen molar-refractivity contribution >= 4 is 21.8 Å². The van der Waals surface area contributed by atoms with E-state index in [0.29, 0.717) is 0 Å². The van der Waals surface area contributed by atoms with Crippen LogP contribution in [0.5, 0.6) is 0 Å². The molecule has 2 rings (SSSR count). The first kappa shape index (κ1) is 14.5. The van der Waals surface area contributed by atoms with E-state index in [9.17, 15) is 4.79 Å². The van der Waals surface area contributed by atoms with Crippen LogP contribution in [-0.4, -0.2) is 29.9 Å². The molecule has 1 aromatic carbocycles. The smallest absolute Gasteiger partial charge is 0.239 e. The van der Waals surface area contributed by atoms with Crippen LogP contribution >= 0.6 is 15.9 Å². The number of carbonyl (C=O) groups is 1. The van der Waals surface area contributed by atoms with Crippen LogP contribution in [0.2, 0.25) is 0 Å². The van der Waals surface area contributed by atoms with Gasteiger partial charge in [0.1, 0.15) is 0 Å². The number of halogens is 1. The van der Waals surface area contributed by atoms with Gasteiger partial charge in [0.2, 0.25) is 5.91 Å². The average Bonchev–Trinajstić information content (AvgIpc) is 2.91. The van der Waals surface area contributed by atoms with Crippen LogP contribution in [0.3, 0.4) is 0 Å². The Morgan fingerprint density at radius 3 is 2.63 bits per heavy atom. The zero-order chi connectivity index (χ0) is 13.8. The zero-order valence-corrected chi connectivity index (χ0v) is 13.1. The number of nitrogens with zero attached hydrogens (tertiary/aromatic N) is 1. The summed E-state index contributed by atoms with van der Waals surface area (Å²) in [5.74, 6) is 0.222. The van der Waals surface area contributed by atoms with Crippen LogP contribution in [0.25, 0.3) is 0 Å². The highest BCUT2D eigenvalue weighted by atomic mass is 79.9. The molecule has 1 heterocycles. The fourth-order valence-corrected chi connectivity index (χ4v) is 2.95. The summed E-state index contributed by atoms with van der Waals surface area (Å²) in [5.41, 5.74) is 1.19. The van der Waals surface area contributed by atoms with Crippen LogP contribution in [0.15, 0.2) is 28.7 Å². The third-order valence-electron chi connectivity index (χ3n) is 3.64. The van der Waals surface area contributed by atoms with E-state index >= 15 is 0 Å². The van der Waals surface area contributed by atoms with E-state index < -0.39 is 0 Å². The lowest BCUT2D eigenvalue weighted by Crippen LogP contribution is -2.44. The fraction of sp³-hybridized carbons (Fsp3) is 0.533. The predicted octanol–water partition coefficient (Wildman–Crippen LogP) is 3.11. The summed E-state index contributed by atoms with van der Waals surface area (Å²) in [7, 11) is 0. The molecule has 1 saturated heterocycles. The molecule has 0 radical (unpaired) electrons. The minimum absolute atomic E-state index is 0.132. The van der Waals surface area contributed by atoms with Gasteiger partial charge < -0.3 is 4.90 Å². The van der Waals surface area contributed by atoms with Gasteiger partial charge in [-0.25, -0.2) is 0 Å². The number of rotatable bonds is 4. The van der Waals surface area contributed by atoms with Crippen molar-refractivity contribution in [3.8, 4) is 0 Å². The molecule has 1 amide bonds. The lowest BCUT2D eigenvalue weighted by atomic mass is 10.1. The maximum Gasteiger partial charge on any atom is 0.239 e. The van der Waals surface area contributed by atoms with Gasteiger partial charge in [-0.15, -0.1) is 0 Å². The second kappa shape index (κ2) is 6.53. The van der Waals surface area contributed by atoms with E-state index in [1.54, 1.807) is 0 Å². The number of amides is 1. The highest BCUT2D eigenvalue weighted by Gasteiger charge is 2.24. The molecule has 19 heavy (non-hydrogen) atoms. The van der Waals surface area contributed by atoms with Crippen molar-refractivity contribution in [3.05, 3.63) is 34.3 Å². The molecule has 4 heteroatoms. The third-order valence-corrected chi connectivity index (χ3v) is 4.13. The van der Waals surface area contributed by atoms with Gasteiger partial charge in [-0.3, -0.25) is 10.1 Å². The number of likely N-dealkylation sites (tertiary alicyclic amines) is 1. The third kappa shape index (κ3) is 3.80. The van der Waals surface area contributed by atoms with Crippen molar-refractivity contribution in [1.82, 2.24) is 10.2 Å². The zero-order valence-electron chi connectivity index (χ0n) is 11.5. The molecule has 1 N–H and O–H groups in total. The summed E-state index contributed by atoms with van der Waals surface area (Å²) in [6, 6.07) is 8.23. The Hall–Kier alpha value is -0.870. The number of benzene rings is 1. The second-order valence-corrected chi connectivity index (χ2v) is 6.11. The Balaban J connectivity index is 1.94. The first-order valence-electron chi connectivity index (χ1n) is 6.88. The molecule has 0 aromatic heterocycles. The van der Waals surface area contributed by atoms with E-state index in [0.717, 1.165) is 30.4 Å². The van der Waals surface area contributed by atoms with E-state index in [1.165, 1.54) is 5.56 Å². The van der Waals surface area contributed by atoms with Crippen molar-refractivity contribution in [1.29, 1.82) is 0 Å². The van der Waals surface area contributed by atoms with Crippen LogP contribution in [0.4, 0.5) is 0 Å². The summed E-state index contributed by atoms with van der Waals surface area (Å²) >= 11 is 3.48. The fourth-order valence-electron chi connectivity index (χ4n) is 2.53. The average molecular weight is 325 g/mol. The molecule has 1 aliphatic heterocycles. The molecule has 1 fully saturated rings. The highest BCUT2D eigenvalue weighted by molar-refractivity contribution is 9.10. The molecule has 1 aliphatic rings. The molecular weight excluding hydrogens is 304 g/mol. The Labute approximate surface area is 123 Å². The van der Waals surface area contributed by atoms with Gasteiger partial charge in [-0.2, -0.15) is 0 Å². The largest absolute Gasteiger partial charge is 0.341 e. The first-order chi connectivity index (χ1) is 9.08. The van der Waals surface area contributed by atoms with Gasteiger partial charge in [0, 0.05) is 23.6 Å². The Morgan fingerprint density at radius 2 is 2.00 bits per heavy atom. The normalized spacial score (nSPS) is 18.4. The molecular formula is C15H21BrN2O. The van der Waals surface area contributed by atoms with Gasteiger partial charge in [-0.05, 0) is 44.4 Å². The van der Waals surface area contributed by atoms with Crippen molar-refractivity contribution < 1.29 is 4.79 Å². The number of nitrogens with one attached hydrogen (secondary N) is 1. The predicted molar refractivity (Wildman–Crippen MR) is 81.0 cm³/mol. The lowest BCUT2D eigenvalue weighted by molar-refractivity contribution is -0.132. The quantitative estimate of drug-likeness (QED) is 0.922. The molecule has 0 spiro atoms. The van der Waals surface area contributed by atoms with E-state index in [2.05, 4.69) is 40.3 Å². The van der Waals surface area contributed by atoms with E-state index in [4.69, 9.17) is 0 Å². The first-order valence-corrected chi connectivity index (χ1v) is 7.67. The summed E-state index contributed by atoms with van der Waals surface area (Å²) in [6.07, 6.45) is 2.28. The molecule has 104 valence electrons. The van der Waals surface area contributed by atoms with Gasteiger partial charge in [-0.1, -0.05) is 28.1 Å². The minimum atomic E-state index is -0.132. The van der Waals surface area contributed by atoms with Gasteiger partial charge in [0.15, 0.2) is 0 Å². The number of hydrogen-bond acceptors (Lipinski definition) is 2. The monoisotopic (exact) mass is 324 g/mol. The van der Waals surface area contributed by atoms with Gasteiger partial charge >= 0.3 is 0 Å². The van der Waals surface area contributed by atoms with Gasteiger partial charge in [0.25, 0.3) is 0 Å². The molecule has 0 aliphatic carbocycles. The van der Waals surface area contributed by atoms with Crippen LogP contribution < -0.4 is 5.32 Å². The number of carbonyl (C=O) groups excluding carboxylic acids is 1. The molecule has 0 saturated carbocycles.